The number of nitrogens with zero attached hydrogens (tertiary/aromatic N) is 3. The van der Waals surface area contributed by atoms with Crippen molar-refractivity contribution in [1.29, 1.82) is 0 Å². The maximum atomic E-state index is 12.5. The Kier molecular flexibility index (Phi) is 6.06. The molecule has 0 spiro atoms. The van der Waals surface area contributed by atoms with E-state index in [0.717, 1.165) is 56.9 Å². The van der Waals surface area contributed by atoms with Crippen LogP contribution in [0.25, 0.3) is 6.08 Å². The number of anilines is 1. The average molecular weight is 389 g/mol. The van der Waals surface area contributed by atoms with E-state index in [0.29, 0.717) is 6.42 Å². The van der Waals surface area contributed by atoms with Crippen molar-refractivity contribution >= 4 is 23.6 Å². The maximum Gasteiger partial charge on any atom is 0.246 e. The van der Waals surface area contributed by atoms with E-state index in [1.807, 2.05) is 46.2 Å². The summed E-state index contributed by atoms with van der Waals surface area (Å²) in [6, 6.07) is 18.3. The van der Waals surface area contributed by atoms with Crippen LogP contribution >= 0.6 is 0 Å². The SMILES string of the molecule is O=C(/C=C/c1ccc(N2CCCC2=O)cc1)N1CCN(Cc2ccccc2)CC1. The van der Waals surface area contributed by atoms with Gasteiger partial charge in [0.25, 0.3) is 0 Å². The van der Waals surface area contributed by atoms with Gasteiger partial charge in [0.2, 0.25) is 11.8 Å². The number of benzene rings is 2. The number of amides is 2. The highest BCUT2D eigenvalue weighted by Crippen LogP contribution is 2.22. The van der Waals surface area contributed by atoms with Crippen molar-refractivity contribution in [3.63, 3.8) is 0 Å². The smallest absolute Gasteiger partial charge is 0.246 e. The molecule has 150 valence electrons. The second kappa shape index (κ2) is 9.05. The van der Waals surface area contributed by atoms with E-state index in [9.17, 15) is 9.59 Å². The highest BCUT2D eigenvalue weighted by molar-refractivity contribution is 5.95. The van der Waals surface area contributed by atoms with Crippen LogP contribution in [0, 0.1) is 0 Å². The molecule has 2 fully saturated rings. The van der Waals surface area contributed by atoms with Gasteiger partial charge in [0, 0.05) is 57.5 Å². The average Bonchev–Trinajstić information content (AvgIpc) is 3.19. The lowest BCUT2D eigenvalue weighted by molar-refractivity contribution is -0.127. The Bertz CT molecular complexity index is 869. The third kappa shape index (κ3) is 4.93. The van der Waals surface area contributed by atoms with Gasteiger partial charge in [0.1, 0.15) is 0 Å². The van der Waals surface area contributed by atoms with Crippen molar-refractivity contribution in [2.45, 2.75) is 19.4 Å². The molecule has 0 N–H and O–H groups in total. The van der Waals surface area contributed by atoms with Gasteiger partial charge in [-0.05, 0) is 35.8 Å². The predicted molar refractivity (Wildman–Crippen MR) is 115 cm³/mol. The number of rotatable bonds is 5. The fourth-order valence-electron chi connectivity index (χ4n) is 3.93. The molecule has 2 aliphatic heterocycles. The zero-order valence-electron chi connectivity index (χ0n) is 16.7. The third-order valence-corrected chi connectivity index (χ3v) is 5.63. The van der Waals surface area contributed by atoms with Crippen LogP contribution in [0.2, 0.25) is 0 Å². The molecular weight excluding hydrogens is 362 g/mol. The summed E-state index contributed by atoms with van der Waals surface area (Å²) in [4.78, 5) is 30.5. The summed E-state index contributed by atoms with van der Waals surface area (Å²) in [5, 5.41) is 0. The van der Waals surface area contributed by atoms with E-state index in [1.165, 1.54) is 5.56 Å². The second-order valence-electron chi connectivity index (χ2n) is 7.66. The molecule has 5 heteroatoms. The van der Waals surface area contributed by atoms with Crippen LogP contribution < -0.4 is 4.90 Å². The van der Waals surface area contributed by atoms with Gasteiger partial charge in [-0.2, -0.15) is 0 Å². The van der Waals surface area contributed by atoms with Gasteiger partial charge < -0.3 is 9.80 Å². The summed E-state index contributed by atoms with van der Waals surface area (Å²) in [6.07, 6.45) is 5.07. The van der Waals surface area contributed by atoms with E-state index < -0.39 is 0 Å². The monoisotopic (exact) mass is 389 g/mol. The lowest BCUT2D eigenvalue weighted by atomic mass is 10.1. The Hall–Kier alpha value is -2.92. The molecule has 5 nitrogen and oxygen atoms in total. The van der Waals surface area contributed by atoms with E-state index in [4.69, 9.17) is 0 Å². The summed E-state index contributed by atoms with van der Waals surface area (Å²) in [6.45, 7) is 5.03. The Balaban J connectivity index is 1.27. The summed E-state index contributed by atoms with van der Waals surface area (Å²) < 4.78 is 0. The van der Waals surface area contributed by atoms with Crippen molar-refractivity contribution < 1.29 is 9.59 Å². The molecule has 0 aliphatic carbocycles. The molecule has 2 heterocycles. The fraction of sp³-hybridized carbons (Fsp3) is 0.333. The third-order valence-electron chi connectivity index (χ3n) is 5.63. The van der Waals surface area contributed by atoms with Gasteiger partial charge in [0.15, 0.2) is 0 Å². The minimum atomic E-state index is 0.0585. The van der Waals surface area contributed by atoms with Gasteiger partial charge in [0.05, 0.1) is 0 Å². The van der Waals surface area contributed by atoms with Gasteiger partial charge in [-0.3, -0.25) is 14.5 Å². The van der Waals surface area contributed by atoms with Gasteiger partial charge in [-0.25, -0.2) is 0 Å². The molecule has 0 unspecified atom stereocenters. The zero-order chi connectivity index (χ0) is 20.1. The molecule has 2 aliphatic rings. The van der Waals surface area contributed by atoms with Crippen LogP contribution in [0.1, 0.15) is 24.0 Å². The van der Waals surface area contributed by atoms with E-state index >= 15 is 0 Å². The summed E-state index contributed by atoms with van der Waals surface area (Å²) in [5.41, 5.74) is 3.22. The van der Waals surface area contributed by atoms with Crippen molar-refractivity contribution in [1.82, 2.24) is 9.80 Å². The highest BCUT2D eigenvalue weighted by Gasteiger charge is 2.21. The van der Waals surface area contributed by atoms with E-state index in [1.54, 1.807) is 6.08 Å². The number of carbonyl (C=O) groups is 2. The lowest BCUT2D eigenvalue weighted by Crippen LogP contribution is -2.47. The van der Waals surface area contributed by atoms with Gasteiger partial charge in [-0.1, -0.05) is 42.5 Å². The Morgan fingerprint density at radius 3 is 2.28 bits per heavy atom. The first-order chi connectivity index (χ1) is 14.2. The number of carbonyl (C=O) groups excluding carboxylic acids is 2. The van der Waals surface area contributed by atoms with Gasteiger partial charge in [-0.15, -0.1) is 0 Å². The number of hydrogen-bond acceptors (Lipinski definition) is 3. The molecule has 2 saturated heterocycles. The molecule has 0 bridgehead atoms. The summed E-state index contributed by atoms with van der Waals surface area (Å²) >= 11 is 0. The van der Waals surface area contributed by atoms with E-state index in [2.05, 4.69) is 29.2 Å². The molecule has 29 heavy (non-hydrogen) atoms. The fourth-order valence-corrected chi connectivity index (χ4v) is 3.93. The summed E-state index contributed by atoms with van der Waals surface area (Å²) in [5.74, 6) is 0.248. The molecule has 2 amide bonds. The van der Waals surface area contributed by atoms with Crippen LogP contribution in [-0.2, 0) is 16.1 Å². The minimum Gasteiger partial charge on any atom is -0.337 e. The first-order valence-electron chi connectivity index (χ1n) is 10.3. The van der Waals surface area contributed by atoms with Crippen molar-refractivity contribution in [2.24, 2.45) is 0 Å². The van der Waals surface area contributed by atoms with Crippen molar-refractivity contribution in [3.05, 3.63) is 71.8 Å². The first kappa shape index (κ1) is 19.4. The van der Waals surface area contributed by atoms with Crippen LogP contribution in [0.4, 0.5) is 5.69 Å². The topological polar surface area (TPSA) is 43.9 Å². The largest absolute Gasteiger partial charge is 0.337 e. The summed E-state index contributed by atoms with van der Waals surface area (Å²) in [7, 11) is 0. The van der Waals surface area contributed by atoms with Crippen molar-refractivity contribution in [3.8, 4) is 0 Å². The Morgan fingerprint density at radius 2 is 1.62 bits per heavy atom. The van der Waals surface area contributed by atoms with E-state index in [-0.39, 0.29) is 11.8 Å². The molecule has 2 aromatic rings. The maximum absolute atomic E-state index is 12.5. The quantitative estimate of drug-likeness (QED) is 0.738. The standard InChI is InChI=1S/C24H27N3O2/c28-23(26-17-15-25(16-18-26)19-21-5-2-1-3-6-21)13-10-20-8-11-22(12-9-20)27-14-4-7-24(27)29/h1-3,5-6,8-13H,4,7,14-19H2/b13-10+. The Labute approximate surface area is 172 Å². The molecule has 2 aromatic carbocycles. The van der Waals surface area contributed by atoms with Crippen LogP contribution in [0.15, 0.2) is 60.7 Å². The van der Waals surface area contributed by atoms with Crippen molar-refractivity contribution in [2.75, 3.05) is 37.6 Å². The Morgan fingerprint density at radius 1 is 0.897 bits per heavy atom. The first-order valence-corrected chi connectivity index (χ1v) is 10.3. The number of hydrogen-bond donors (Lipinski definition) is 0. The molecule has 0 radical (unpaired) electrons. The van der Waals surface area contributed by atoms with Crippen LogP contribution in [-0.4, -0.2) is 54.3 Å². The molecule has 4 rings (SSSR count). The molecule has 0 aromatic heterocycles. The van der Waals surface area contributed by atoms with Gasteiger partial charge >= 0.3 is 0 Å². The molecule has 0 saturated carbocycles. The molecular formula is C24H27N3O2. The minimum absolute atomic E-state index is 0.0585. The second-order valence-corrected chi connectivity index (χ2v) is 7.66. The van der Waals surface area contributed by atoms with Crippen LogP contribution in [0.3, 0.4) is 0 Å². The van der Waals surface area contributed by atoms with Crippen LogP contribution in [0.5, 0.6) is 0 Å². The highest BCUT2D eigenvalue weighted by atomic mass is 16.2. The zero-order valence-corrected chi connectivity index (χ0v) is 16.7. The normalized spacial score (nSPS) is 18.0. The molecule has 0 atom stereocenters. The predicted octanol–water partition coefficient (Wildman–Crippen LogP) is 3.17. The lowest BCUT2D eigenvalue weighted by Gasteiger charge is -2.34. The number of piperazine rings is 1.